The van der Waals surface area contributed by atoms with E-state index in [1.54, 1.807) is 55.5 Å². The van der Waals surface area contributed by atoms with Crippen LogP contribution in [-0.2, 0) is 9.53 Å². The lowest BCUT2D eigenvalue weighted by atomic mass is 10.2. The molecule has 11 heteroatoms. The molecule has 4 aromatic rings. The molecule has 0 saturated carbocycles. The zero-order chi connectivity index (χ0) is 23.4. The van der Waals surface area contributed by atoms with Crippen molar-refractivity contribution in [3.8, 4) is 5.75 Å². The van der Waals surface area contributed by atoms with Crippen molar-refractivity contribution in [2.75, 3.05) is 18.5 Å². The lowest BCUT2D eigenvalue weighted by molar-refractivity contribution is -0.118. The number of aromatic nitrogens is 3. The standard InChI is InChI=1S/C22H17ClN4O5S/c1-2-31-21(30)13-3-6-16(7-4-13)26-19(28)11-32-17-8-5-15(23)9-14(17)10-18-20(29)27-22(33-18)24-12-25-27/h3-10,12H,2,11H2,1H3,(H,26,28)/b18-10+. The fraction of sp³-hybridized carbons (Fsp3) is 0.136. The summed E-state index contributed by atoms with van der Waals surface area (Å²) >= 11 is 7.30. The Hall–Kier alpha value is -3.76. The SMILES string of the molecule is CCOC(=O)c1ccc(NC(=O)COc2ccc(Cl)cc2/C=c2/sc3ncnn3c2=O)cc1. The Labute approximate surface area is 196 Å². The largest absolute Gasteiger partial charge is 0.483 e. The Morgan fingerprint density at radius 2 is 2.00 bits per heavy atom. The maximum Gasteiger partial charge on any atom is 0.338 e. The molecule has 4 rings (SSSR count). The van der Waals surface area contributed by atoms with Gasteiger partial charge in [0.1, 0.15) is 12.1 Å². The van der Waals surface area contributed by atoms with Crippen LogP contribution in [0.15, 0.2) is 53.6 Å². The first-order valence-electron chi connectivity index (χ1n) is 9.78. The van der Waals surface area contributed by atoms with Crippen LogP contribution >= 0.6 is 22.9 Å². The number of benzene rings is 2. The summed E-state index contributed by atoms with van der Waals surface area (Å²) in [6, 6.07) is 11.2. The van der Waals surface area contributed by atoms with Gasteiger partial charge in [0.25, 0.3) is 11.5 Å². The molecule has 0 aliphatic carbocycles. The molecule has 9 nitrogen and oxygen atoms in total. The van der Waals surface area contributed by atoms with Gasteiger partial charge in [-0.25, -0.2) is 9.78 Å². The average Bonchev–Trinajstić information content (AvgIpc) is 3.37. The van der Waals surface area contributed by atoms with Crippen LogP contribution in [0.2, 0.25) is 5.02 Å². The molecule has 0 saturated heterocycles. The number of fused-ring (bicyclic) bond motifs is 1. The highest BCUT2D eigenvalue weighted by atomic mass is 35.5. The van der Waals surface area contributed by atoms with Crippen LogP contribution in [-0.4, -0.2) is 39.7 Å². The van der Waals surface area contributed by atoms with E-state index in [1.165, 1.54) is 22.2 Å². The van der Waals surface area contributed by atoms with Gasteiger partial charge < -0.3 is 14.8 Å². The van der Waals surface area contributed by atoms with Gasteiger partial charge >= 0.3 is 5.97 Å². The number of hydrogen-bond donors (Lipinski definition) is 1. The molecule has 1 amide bonds. The maximum absolute atomic E-state index is 12.4. The van der Waals surface area contributed by atoms with E-state index in [0.29, 0.717) is 37.1 Å². The molecular formula is C22H17ClN4O5S. The van der Waals surface area contributed by atoms with Crippen LogP contribution in [0.25, 0.3) is 11.0 Å². The van der Waals surface area contributed by atoms with Crippen molar-refractivity contribution in [3.63, 3.8) is 0 Å². The van der Waals surface area contributed by atoms with Crippen LogP contribution in [0.4, 0.5) is 5.69 Å². The van der Waals surface area contributed by atoms with Gasteiger partial charge in [0.15, 0.2) is 6.61 Å². The molecule has 0 aliphatic rings. The van der Waals surface area contributed by atoms with Gasteiger partial charge in [-0.1, -0.05) is 22.9 Å². The number of carbonyl (C=O) groups excluding carboxylic acids is 2. The van der Waals surface area contributed by atoms with Crippen molar-refractivity contribution >= 4 is 51.5 Å². The van der Waals surface area contributed by atoms with Crippen LogP contribution < -0.4 is 20.1 Å². The van der Waals surface area contributed by atoms with E-state index < -0.39 is 11.9 Å². The van der Waals surface area contributed by atoms with Gasteiger partial charge in [-0.15, -0.1) is 0 Å². The second-order valence-corrected chi connectivity index (χ2v) is 8.13. The number of ether oxygens (including phenoxy) is 2. The topological polar surface area (TPSA) is 112 Å². The lowest BCUT2D eigenvalue weighted by Gasteiger charge is -2.10. The number of anilines is 1. The molecule has 2 aromatic heterocycles. The Morgan fingerprint density at radius 3 is 2.73 bits per heavy atom. The smallest absolute Gasteiger partial charge is 0.338 e. The highest BCUT2D eigenvalue weighted by Crippen LogP contribution is 2.24. The Bertz CT molecular complexity index is 1430. The van der Waals surface area contributed by atoms with Gasteiger partial charge in [-0.05, 0) is 55.5 Å². The highest BCUT2D eigenvalue weighted by Gasteiger charge is 2.11. The van der Waals surface area contributed by atoms with Gasteiger partial charge in [0.05, 0.1) is 16.7 Å². The molecular weight excluding hydrogens is 468 g/mol. The van der Waals surface area contributed by atoms with Crippen molar-refractivity contribution in [1.29, 1.82) is 0 Å². The van der Waals surface area contributed by atoms with Crippen LogP contribution in [0.3, 0.4) is 0 Å². The molecule has 0 atom stereocenters. The minimum absolute atomic E-state index is 0.276. The minimum atomic E-state index is -0.429. The fourth-order valence-electron chi connectivity index (χ4n) is 2.93. The molecule has 0 fully saturated rings. The third kappa shape index (κ3) is 5.18. The molecule has 33 heavy (non-hydrogen) atoms. The quantitative estimate of drug-likeness (QED) is 0.401. The number of thiazole rings is 1. The third-order valence-corrected chi connectivity index (χ3v) is 5.63. The van der Waals surface area contributed by atoms with E-state index in [1.807, 2.05) is 0 Å². The third-order valence-electron chi connectivity index (χ3n) is 4.42. The molecule has 2 aromatic carbocycles. The lowest BCUT2D eigenvalue weighted by Crippen LogP contribution is -2.24. The summed E-state index contributed by atoms with van der Waals surface area (Å²) in [6.45, 7) is 1.74. The first kappa shape index (κ1) is 22.4. The van der Waals surface area contributed by atoms with Crippen molar-refractivity contribution < 1.29 is 19.1 Å². The second-order valence-electron chi connectivity index (χ2n) is 6.69. The number of esters is 1. The minimum Gasteiger partial charge on any atom is -0.483 e. The summed E-state index contributed by atoms with van der Waals surface area (Å²) in [7, 11) is 0. The van der Waals surface area contributed by atoms with E-state index in [9.17, 15) is 14.4 Å². The van der Waals surface area contributed by atoms with E-state index in [0.717, 1.165) is 0 Å². The zero-order valence-electron chi connectivity index (χ0n) is 17.3. The van der Waals surface area contributed by atoms with Crippen molar-refractivity contribution in [1.82, 2.24) is 14.6 Å². The number of hydrogen-bond acceptors (Lipinski definition) is 8. The molecule has 168 valence electrons. The normalized spacial score (nSPS) is 11.5. The van der Waals surface area contributed by atoms with Gasteiger partial charge in [-0.3, -0.25) is 9.59 Å². The first-order chi connectivity index (χ1) is 15.9. The molecule has 2 heterocycles. The number of nitrogens with zero attached hydrogens (tertiary/aromatic N) is 3. The summed E-state index contributed by atoms with van der Waals surface area (Å²) in [5, 5.41) is 7.04. The molecule has 0 bridgehead atoms. The Morgan fingerprint density at radius 1 is 1.21 bits per heavy atom. The zero-order valence-corrected chi connectivity index (χ0v) is 18.9. The molecule has 0 radical (unpaired) electrons. The average molecular weight is 485 g/mol. The summed E-state index contributed by atoms with van der Waals surface area (Å²) in [5.74, 6) is -0.449. The summed E-state index contributed by atoms with van der Waals surface area (Å²) in [5.41, 5.74) is 1.13. The Balaban J connectivity index is 1.46. The van der Waals surface area contributed by atoms with Gasteiger partial charge in [-0.2, -0.15) is 9.61 Å². The summed E-state index contributed by atoms with van der Waals surface area (Å²) < 4.78 is 12.2. The predicted octanol–water partition coefficient (Wildman–Crippen LogP) is 2.55. The van der Waals surface area contributed by atoms with Crippen molar-refractivity contribution in [3.05, 3.63) is 79.8 Å². The van der Waals surface area contributed by atoms with Crippen LogP contribution in [0.5, 0.6) is 5.75 Å². The van der Waals surface area contributed by atoms with E-state index >= 15 is 0 Å². The van der Waals surface area contributed by atoms with Gasteiger partial charge in [0, 0.05) is 16.3 Å². The number of rotatable bonds is 7. The maximum atomic E-state index is 12.4. The van der Waals surface area contributed by atoms with E-state index in [-0.39, 0.29) is 18.8 Å². The number of amides is 1. The van der Waals surface area contributed by atoms with Gasteiger partial charge in [0.2, 0.25) is 4.96 Å². The second kappa shape index (κ2) is 9.80. The summed E-state index contributed by atoms with van der Waals surface area (Å²) in [4.78, 5) is 41.0. The van der Waals surface area contributed by atoms with Crippen LogP contribution in [0, 0.1) is 0 Å². The Kier molecular flexibility index (Phi) is 6.66. The predicted molar refractivity (Wildman–Crippen MR) is 124 cm³/mol. The van der Waals surface area contributed by atoms with Crippen LogP contribution in [0.1, 0.15) is 22.8 Å². The summed E-state index contributed by atoms with van der Waals surface area (Å²) in [6.07, 6.45) is 2.94. The molecule has 0 spiro atoms. The monoisotopic (exact) mass is 484 g/mol. The number of halogens is 1. The number of carbonyl (C=O) groups is 2. The molecule has 0 unspecified atom stereocenters. The van der Waals surface area contributed by atoms with E-state index in [2.05, 4.69) is 15.4 Å². The van der Waals surface area contributed by atoms with Crippen molar-refractivity contribution in [2.45, 2.75) is 6.92 Å². The first-order valence-corrected chi connectivity index (χ1v) is 11.0. The molecule has 0 aliphatic heterocycles. The number of nitrogens with one attached hydrogen (secondary N) is 1. The van der Waals surface area contributed by atoms with Crippen molar-refractivity contribution in [2.24, 2.45) is 0 Å². The highest BCUT2D eigenvalue weighted by molar-refractivity contribution is 7.15. The molecule has 1 N–H and O–H groups in total. The van der Waals surface area contributed by atoms with E-state index in [4.69, 9.17) is 21.1 Å². The fourth-order valence-corrected chi connectivity index (χ4v) is 3.98.